The maximum atomic E-state index is 12.0. The Hall–Kier alpha value is -2.27. The number of aromatic nitrogens is 2. The molecule has 0 aliphatic carbocycles. The van der Waals surface area contributed by atoms with Crippen molar-refractivity contribution >= 4 is 28.7 Å². The number of nitrogens with one attached hydrogen (secondary N) is 1. The molecule has 5 heteroatoms. The number of hydrogen-bond acceptors (Lipinski definition) is 3. The van der Waals surface area contributed by atoms with Crippen molar-refractivity contribution in [2.75, 3.05) is 5.75 Å². The number of nitrogens with zero attached hydrogens (tertiary/aromatic N) is 2. The zero-order valence-electron chi connectivity index (χ0n) is 14.0. The van der Waals surface area contributed by atoms with Crippen LogP contribution < -0.4 is 5.32 Å². The van der Waals surface area contributed by atoms with E-state index in [1.165, 1.54) is 11.1 Å². The molecule has 1 N–H and O–H groups in total. The molecule has 0 spiro atoms. The Morgan fingerprint density at radius 2 is 2.04 bits per heavy atom. The van der Waals surface area contributed by atoms with E-state index in [1.807, 2.05) is 35.9 Å². The van der Waals surface area contributed by atoms with Gasteiger partial charge in [-0.05, 0) is 24.6 Å². The number of rotatable bonds is 6. The van der Waals surface area contributed by atoms with E-state index in [2.05, 4.69) is 41.5 Å². The van der Waals surface area contributed by atoms with Gasteiger partial charge in [0.15, 0.2) is 0 Å². The summed E-state index contributed by atoms with van der Waals surface area (Å²) in [4.78, 5) is 16.6. The molecule has 1 aromatic heterocycles. The summed E-state index contributed by atoms with van der Waals surface area (Å²) in [5.41, 5.74) is 4.54. The molecule has 3 aromatic rings. The van der Waals surface area contributed by atoms with Crippen molar-refractivity contribution in [3.05, 3.63) is 65.5 Å². The second-order valence-corrected chi connectivity index (χ2v) is 6.82. The van der Waals surface area contributed by atoms with Gasteiger partial charge in [0.05, 0.1) is 23.3 Å². The lowest BCUT2D eigenvalue weighted by Crippen LogP contribution is -2.26. The average molecular weight is 339 g/mol. The SMILES string of the molecule is Cc1cccc(CSCC(=O)NCc2nc3ccccc3n2C)c1. The van der Waals surface area contributed by atoms with Gasteiger partial charge in [-0.3, -0.25) is 4.79 Å². The van der Waals surface area contributed by atoms with Crippen LogP contribution in [0.25, 0.3) is 11.0 Å². The number of thioether (sulfide) groups is 1. The molecule has 0 saturated carbocycles. The summed E-state index contributed by atoms with van der Waals surface area (Å²) in [7, 11) is 1.98. The zero-order chi connectivity index (χ0) is 16.9. The number of carbonyl (C=O) groups excluding carboxylic acids is 1. The molecule has 4 nitrogen and oxygen atoms in total. The van der Waals surface area contributed by atoms with Crippen LogP contribution in [0.5, 0.6) is 0 Å². The fourth-order valence-electron chi connectivity index (χ4n) is 2.65. The van der Waals surface area contributed by atoms with Gasteiger partial charge >= 0.3 is 0 Å². The van der Waals surface area contributed by atoms with E-state index in [4.69, 9.17) is 0 Å². The molecule has 0 aliphatic rings. The van der Waals surface area contributed by atoms with E-state index in [0.29, 0.717) is 12.3 Å². The molecule has 1 heterocycles. The van der Waals surface area contributed by atoms with Crippen molar-refractivity contribution in [1.82, 2.24) is 14.9 Å². The number of fused-ring (bicyclic) bond motifs is 1. The Balaban J connectivity index is 1.49. The predicted molar refractivity (Wildman–Crippen MR) is 99.9 cm³/mol. The summed E-state index contributed by atoms with van der Waals surface area (Å²) in [5, 5.41) is 2.96. The highest BCUT2D eigenvalue weighted by atomic mass is 32.2. The Kier molecular flexibility index (Phi) is 5.20. The fourth-order valence-corrected chi connectivity index (χ4v) is 3.45. The van der Waals surface area contributed by atoms with Crippen LogP contribution in [0.3, 0.4) is 0 Å². The van der Waals surface area contributed by atoms with E-state index < -0.39 is 0 Å². The van der Waals surface area contributed by atoms with Gasteiger partial charge in [-0.15, -0.1) is 11.8 Å². The number of hydrogen-bond donors (Lipinski definition) is 1. The van der Waals surface area contributed by atoms with Crippen LogP contribution in [-0.2, 0) is 24.1 Å². The van der Waals surface area contributed by atoms with Crippen molar-refractivity contribution in [2.45, 2.75) is 19.2 Å². The van der Waals surface area contributed by atoms with Crippen LogP contribution >= 0.6 is 11.8 Å². The number of para-hydroxylation sites is 2. The highest BCUT2D eigenvalue weighted by Crippen LogP contribution is 2.15. The number of amides is 1. The van der Waals surface area contributed by atoms with E-state index >= 15 is 0 Å². The third kappa shape index (κ3) is 3.97. The minimum atomic E-state index is 0.0414. The number of aryl methyl sites for hydroxylation is 2. The third-order valence-corrected chi connectivity index (χ3v) is 4.91. The van der Waals surface area contributed by atoms with Crippen LogP contribution in [0.1, 0.15) is 17.0 Å². The first kappa shape index (κ1) is 16.6. The molecule has 24 heavy (non-hydrogen) atoms. The first-order chi connectivity index (χ1) is 11.6. The molecule has 2 aromatic carbocycles. The van der Waals surface area contributed by atoms with E-state index in [1.54, 1.807) is 11.8 Å². The first-order valence-electron chi connectivity index (χ1n) is 7.94. The minimum absolute atomic E-state index is 0.0414. The Morgan fingerprint density at radius 1 is 1.21 bits per heavy atom. The second-order valence-electron chi connectivity index (χ2n) is 5.83. The highest BCUT2D eigenvalue weighted by Gasteiger charge is 2.08. The smallest absolute Gasteiger partial charge is 0.230 e. The van der Waals surface area contributed by atoms with Crippen molar-refractivity contribution < 1.29 is 4.79 Å². The van der Waals surface area contributed by atoms with Crippen LogP contribution in [0.4, 0.5) is 0 Å². The predicted octanol–water partition coefficient (Wildman–Crippen LogP) is 3.43. The summed E-state index contributed by atoms with van der Waals surface area (Å²) in [5.74, 6) is 2.21. The van der Waals surface area contributed by atoms with Crippen molar-refractivity contribution in [3.8, 4) is 0 Å². The topological polar surface area (TPSA) is 46.9 Å². The molecule has 0 radical (unpaired) electrons. The molecule has 124 valence electrons. The van der Waals surface area contributed by atoms with Crippen LogP contribution in [0, 0.1) is 6.92 Å². The van der Waals surface area contributed by atoms with Gasteiger partial charge in [0.25, 0.3) is 0 Å². The van der Waals surface area contributed by atoms with Gasteiger partial charge < -0.3 is 9.88 Å². The Morgan fingerprint density at radius 3 is 2.83 bits per heavy atom. The van der Waals surface area contributed by atoms with Crippen LogP contribution in [0.2, 0.25) is 0 Å². The average Bonchev–Trinajstić information content (AvgIpc) is 2.90. The van der Waals surface area contributed by atoms with Crippen molar-refractivity contribution in [3.63, 3.8) is 0 Å². The summed E-state index contributed by atoms with van der Waals surface area (Å²) < 4.78 is 2.02. The molecule has 0 atom stereocenters. The molecular formula is C19H21N3OS. The summed E-state index contributed by atoms with van der Waals surface area (Å²) in [6, 6.07) is 16.4. The maximum absolute atomic E-state index is 12.0. The summed E-state index contributed by atoms with van der Waals surface area (Å²) in [6.07, 6.45) is 0. The molecule has 1 amide bonds. The van der Waals surface area contributed by atoms with E-state index in [9.17, 15) is 4.79 Å². The van der Waals surface area contributed by atoms with E-state index in [0.717, 1.165) is 22.6 Å². The Bertz CT molecular complexity index is 857. The highest BCUT2D eigenvalue weighted by molar-refractivity contribution is 7.99. The lowest BCUT2D eigenvalue weighted by molar-refractivity contribution is -0.118. The van der Waals surface area contributed by atoms with E-state index in [-0.39, 0.29) is 5.91 Å². The Labute approximate surface area is 146 Å². The van der Waals surface area contributed by atoms with Crippen molar-refractivity contribution in [1.29, 1.82) is 0 Å². The van der Waals surface area contributed by atoms with Gasteiger partial charge in [0.2, 0.25) is 5.91 Å². The monoisotopic (exact) mass is 339 g/mol. The van der Waals surface area contributed by atoms with Crippen LogP contribution in [-0.4, -0.2) is 21.2 Å². The number of imidazole rings is 1. The summed E-state index contributed by atoms with van der Waals surface area (Å²) in [6.45, 7) is 2.53. The number of carbonyl (C=O) groups is 1. The van der Waals surface area contributed by atoms with Crippen molar-refractivity contribution in [2.24, 2.45) is 7.05 Å². The summed E-state index contributed by atoms with van der Waals surface area (Å²) >= 11 is 1.63. The number of benzene rings is 2. The van der Waals surface area contributed by atoms with Gasteiger partial charge in [0.1, 0.15) is 5.82 Å². The van der Waals surface area contributed by atoms with Crippen LogP contribution in [0.15, 0.2) is 48.5 Å². The van der Waals surface area contributed by atoms with Gasteiger partial charge in [-0.1, -0.05) is 42.0 Å². The normalized spacial score (nSPS) is 10.9. The fraction of sp³-hybridized carbons (Fsp3) is 0.263. The lowest BCUT2D eigenvalue weighted by Gasteiger charge is -2.06. The molecule has 0 aliphatic heterocycles. The third-order valence-electron chi connectivity index (χ3n) is 3.91. The molecular weight excluding hydrogens is 318 g/mol. The zero-order valence-corrected chi connectivity index (χ0v) is 14.8. The molecule has 3 rings (SSSR count). The lowest BCUT2D eigenvalue weighted by atomic mass is 10.2. The standard InChI is InChI=1S/C19H21N3OS/c1-14-6-5-7-15(10-14)12-24-13-19(23)20-11-18-21-16-8-3-4-9-17(16)22(18)2/h3-10H,11-13H2,1-2H3,(H,20,23). The maximum Gasteiger partial charge on any atom is 0.230 e. The largest absolute Gasteiger partial charge is 0.348 e. The second kappa shape index (κ2) is 7.53. The minimum Gasteiger partial charge on any atom is -0.348 e. The molecule has 0 unspecified atom stereocenters. The molecule has 0 saturated heterocycles. The molecule has 0 bridgehead atoms. The first-order valence-corrected chi connectivity index (χ1v) is 9.09. The quantitative estimate of drug-likeness (QED) is 0.748. The van der Waals surface area contributed by atoms with Gasteiger partial charge in [-0.2, -0.15) is 0 Å². The molecule has 0 fully saturated rings. The van der Waals surface area contributed by atoms with Gasteiger partial charge in [-0.25, -0.2) is 4.98 Å². The van der Waals surface area contributed by atoms with Gasteiger partial charge in [0, 0.05) is 12.8 Å².